The Labute approximate surface area is 194 Å². The molecular weight excluding hydrogens is 457 g/mol. The average molecular weight is 483 g/mol. The first-order chi connectivity index (χ1) is 14.9. The van der Waals surface area contributed by atoms with E-state index in [-0.39, 0.29) is 31.1 Å². The number of hydrogen-bond donors (Lipinski definition) is 1. The molecule has 4 rings (SSSR count). The van der Waals surface area contributed by atoms with Crippen LogP contribution in [0, 0.1) is 0 Å². The van der Waals surface area contributed by atoms with Crippen molar-refractivity contribution >= 4 is 43.7 Å². The van der Waals surface area contributed by atoms with Gasteiger partial charge in [-0.1, -0.05) is 29.3 Å². The van der Waals surface area contributed by atoms with E-state index < -0.39 is 0 Å². The van der Waals surface area contributed by atoms with Crippen LogP contribution in [0.2, 0.25) is 10.0 Å². The fraction of sp³-hybridized carbons (Fsp3) is 0.478. The molecule has 2 aliphatic heterocycles. The molecule has 0 radical (unpaired) electrons. The Morgan fingerprint density at radius 2 is 2.00 bits per heavy atom. The molecule has 1 aromatic carbocycles. The normalized spacial score (nSPS) is 22.8. The molecule has 1 aliphatic carbocycles. The number of hydrogen-bond acceptors (Lipinski definition) is 3. The molecular formula is C23H26Cl2FN2O2P. The maximum Gasteiger partial charge on any atom is 0.242 e. The highest BCUT2D eigenvalue weighted by Gasteiger charge is 2.44. The number of aldehydes is 1. The number of benzene rings is 1. The molecule has 166 valence electrons. The summed E-state index contributed by atoms with van der Waals surface area (Å²) in [6.45, 7) is 2.66. The Morgan fingerprint density at radius 1 is 1.23 bits per heavy atom. The molecule has 1 spiro atoms. The summed E-state index contributed by atoms with van der Waals surface area (Å²) in [5.74, 6) is -0.277. The first kappa shape index (κ1) is 22.9. The summed E-state index contributed by atoms with van der Waals surface area (Å²) in [7, 11) is 0.146. The Kier molecular flexibility index (Phi) is 7.17. The second kappa shape index (κ2) is 9.70. The van der Waals surface area contributed by atoms with Gasteiger partial charge in [0.1, 0.15) is 12.1 Å². The summed E-state index contributed by atoms with van der Waals surface area (Å²) in [5.41, 5.74) is 2.92. The van der Waals surface area contributed by atoms with Crippen LogP contribution in [-0.4, -0.2) is 41.6 Å². The molecule has 1 amide bonds. The summed E-state index contributed by atoms with van der Waals surface area (Å²) in [6, 6.07) is 5.35. The van der Waals surface area contributed by atoms with Crippen LogP contribution in [0.4, 0.5) is 9.18 Å². The topological polar surface area (TPSA) is 49.4 Å². The third-order valence-corrected chi connectivity index (χ3v) is 8.95. The van der Waals surface area contributed by atoms with Crippen molar-refractivity contribution in [1.29, 1.82) is 0 Å². The van der Waals surface area contributed by atoms with E-state index in [2.05, 4.69) is 10.2 Å². The predicted octanol–water partition coefficient (Wildman–Crippen LogP) is 6.19. The Morgan fingerprint density at radius 3 is 2.71 bits per heavy atom. The van der Waals surface area contributed by atoms with E-state index >= 15 is 0 Å². The van der Waals surface area contributed by atoms with Crippen molar-refractivity contribution in [2.75, 3.05) is 19.6 Å². The van der Waals surface area contributed by atoms with Gasteiger partial charge in [0, 0.05) is 23.2 Å². The van der Waals surface area contributed by atoms with Gasteiger partial charge in [-0.2, -0.15) is 0 Å². The lowest BCUT2D eigenvalue weighted by molar-refractivity contribution is -0.109. The molecule has 0 aromatic heterocycles. The van der Waals surface area contributed by atoms with Crippen molar-refractivity contribution in [3.05, 3.63) is 57.0 Å². The van der Waals surface area contributed by atoms with Crippen LogP contribution in [0.5, 0.6) is 0 Å². The number of fused-ring (bicyclic) bond motifs is 1. The molecule has 1 N–H and O–H groups in total. The Hall–Kier alpha value is -1.26. The SMILES string of the molecule is O=CC(CCCN1CCC2(CC1)PC(=O)NC1=C2C=C(F)CC1)c1ccc(Cl)c(Cl)c1. The van der Waals surface area contributed by atoms with Gasteiger partial charge in [-0.15, -0.1) is 0 Å². The first-order valence-electron chi connectivity index (χ1n) is 10.7. The fourth-order valence-corrected chi connectivity index (χ4v) is 6.63. The van der Waals surface area contributed by atoms with Crippen LogP contribution in [0.3, 0.4) is 0 Å². The van der Waals surface area contributed by atoms with Crippen LogP contribution in [0.1, 0.15) is 50.0 Å². The van der Waals surface area contributed by atoms with Gasteiger partial charge in [-0.05, 0) is 89.7 Å². The lowest BCUT2D eigenvalue weighted by atomic mass is 9.83. The van der Waals surface area contributed by atoms with Gasteiger partial charge >= 0.3 is 0 Å². The van der Waals surface area contributed by atoms with Crippen LogP contribution in [0.25, 0.3) is 0 Å². The summed E-state index contributed by atoms with van der Waals surface area (Å²) < 4.78 is 14.0. The van der Waals surface area contributed by atoms with Crippen molar-refractivity contribution < 1.29 is 14.0 Å². The number of piperidine rings is 1. The number of halogens is 3. The number of nitrogens with zero attached hydrogens (tertiary/aromatic N) is 1. The molecule has 2 unspecified atom stereocenters. The van der Waals surface area contributed by atoms with E-state index in [1.54, 1.807) is 18.2 Å². The van der Waals surface area contributed by atoms with Gasteiger partial charge in [-0.3, -0.25) is 4.79 Å². The highest BCUT2D eigenvalue weighted by atomic mass is 35.5. The molecule has 31 heavy (non-hydrogen) atoms. The molecule has 0 bridgehead atoms. The van der Waals surface area contributed by atoms with Gasteiger partial charge < -0.3 is 15.0 Å². The zero-order valence-corrected chi connectivity index (χ0v) is 19.7. The molecule has 1 aromatic rings. The highest BCUT2D eigenvalue weighted by molar-refractivity contribution is 7.59. The standard InChI is InChI=1S/C23H26Cl2FN2O2P/c24-19-5-3-15(12-20(19)25)16(14-29)2-1-9-28-10-7-23(8-11-28)18-13-17(26)4-6-21(18)27-22(30)31-23/h3,5,12-14,16,31H,1-2,4,6-11H2,(H,27,30). The van der Waals surface area contributed by atoms with Crippen LogP contribution in [0.15, 0.2) is 41.4 Å². The maximum absolute atomic E-state index is 14.0. The van der Waals surface area contributed by atoms with Gasteiger partial charge in [0.2, 0.25) is 5.65 Å². The van der Waals surface area contributed by atoms with E-state index in [0.717, 1.165) is 68.4 Å². The largest absolute Gasteiger partial charge is 0.326 e. The van der Waals surface area contributed by atoms with E-state index in [1.165, 1.54) is 0 Å². The minimum Gasteiger partial charge on any atom is -0.326 e. The summed E-state index contributed by atoms with van der Waals surface area (Å²) >= 11 is 12.1. The lowest BCUT2D eigenvalue weighted by Gasteiger charge is -2.46. The van der Waals surface area contributed by atoms with Gasteiger partial charge in [0.15, 0.2) is 0 Å². The summed E-state index contributed by atoms with van der Waals surface area (Å²) in [4.78, 5) is 26.3. The van der Waals surface area contributed by atoms with Gasteiger partial charge in [0.25, 0.3) is 0 Å². The number of amides is 1. The molecule has 4 nitrogen and oxygen atoms in total. The van der Waals surface area contributed by atoms with Crippen LogP contribution < -0.4 is 5.32 Å². The van der Waals surface area contributed by atoms with E-state index in [9.17, 15) is 14.0 Å². The number of allylic oxidation sites excluding steroid dienone is 4. The maximum atomic E-state index is 14.0. The second-order valence-electron chi connectivity index (χ2n) is 8.54. The minimum absolute atomic E-state index is 0.0799. The van der Waals surface area contributed by atoms with Crippen molar-refractivity contribution in [3.63, 3.8) is 0 Å². The Bertz CT molecular complexity index is 942. The average Bonchev–Trinajstić information content (AvgIpc) is 2.75. The van der Waals surface area contributed by atoms with E-state index in [1.807, 2.05) is 6.07 Å². The van der Waals surface area contributed by atoms with Crippen molar-refractivity contribution in [1.82, 2.24) is 10.2 Å². The van der Waals surface area contributed by atoms with Crippen LogP contribution in [-0.2, 0) is 4.79 Å². The molecule has 3 aliphatic rings. The third kappa shape index (κ3) is 5.06. The van der Waals surface area contributed by atoms with Crippen LogP contribution >= 0.6 is 31.8 Å². The highest BCUT2D eigenvalue weighted by Crippen LogP contribution is 2.52. The van der Waals surface area contributed by atoms with E-state index in [0.29, 0.717) is 22.9 Å². The zero-order chi connectivity index (χ0) is 22.0. The molecule has 8 heteroatoms. The monoisotopic (exact) mass is 482 g/mol. The lowest BCUT2D eigenvalue weighted by Crippen LogP contribution is -2.47. The smallest absolute Gasteiger partial charge is 0.242 e. The predicted molar refractivity (Wildman–Crippen MR) is 125 cm³/mol. The van der Waals surface area contributed by atoms with Crippen molar-refractivity contribution in [2.24, 2.45) is 0 Å². The van der Waals surface area contributed by atoms with Crippen molar-refractivity contribution in [2.45, 2.75) is 49.6 Å². The number of rotatable bonds is 6. The number of carbonyl (C=O) groups is 2. The van der Waals surface area contributed by atoms with Gasteiger partial charge in [0.05, 0.1) is 10.0 Å². The fourth-order valence-electron chi connectivity index (χ4n) is 4.85. The second-order valence-corrected chi connectivity index (χ2v) is 11.0. The first-order valence-corrected chi connectivity index (χ1v) is 12.5. The van der Waals surface area contributed by atoms with E-state index in [4.69, 9.17) is 23.2 Å². The van der Waals surface area contributed by atoms with Crippen molar-refractivity contribution in [3.8, 4) is 0 Å². The number of carbonyl (C=O) groups excluding carboxylic acids is 2. The summed E-state index contributed by atoms with van der Waals surface area (Å²) in [5, 5.41) is 3.72. The molecule has 1 saturated heterocycles. The summed E-state index contributed by atoms with van der Waals surface area (Å²) in [6.07, 6.45) is 6.98. The number of likely N-dealkylation sites (tertiary alicyclic amines) is 1. The zero-order valence-electron chi connectivity index (χ0n) is 17.2. The molecule has 1 fully saturated rings. The Balaban J connectivity index is 1.33. The molecule has 0 saturated carbocycles. The third-order valence-electron chi connectivity index (χ3n) is 6.61. The molecule has 2 atom stereocenters. The molecule has 2 heterocycles. The quantitative estimate of drug-likeness (QED) is 0.388. The minimum atomic E-state index is -0.211. The number of nitrogens with one attached hydrogen (secondary N) is 1. The van der Waals surface area contributed by atoms with Gasteiger partial charge in [-0.25, -0.2) is 4.39 Å².